The highest BCUT2D eigenvalue weighted by Crippen LogP contribution is 2.33. The van der Waals surface area contributed by atoms with Gasteiger partial charge in [-0.05, 0) is 54.2 Å². The lowest BCUT2D eigenvalue weighted by Gasteiger charge is -2.40. The first kappa shape index (κ1) is 21.8. The van der Waals surface area contributed by atoms with Crippen molar-refractivity contribution in [3.63, 3.8) is 0 Å². The molecule has 4 rings (SSSR count). The van der Waals surface area contributed by atoms with Crippen LogP contribution >= 0.6 is 0 Å². The van der Waals surface area contributed by atoms with Gasteiger partial charge in [-0.25, -0.2) is 4.39 Å². The van der Waals surface area contributed by atoms with Crippen LogP contribution in [0, 0.1) is 18.7 Å². The summed E-state index contributed by atoms with van der Waals surface area (Å²) in [5, 5.41) is 0. The molecule has 0 N–H and O–H groups in total. The molecule has 2 unspecified atom stereocenters. The van der Waals surface area contributed by atoms with E-state index in [1.807, 2.05) is 35.2 Å². The normalized spacial score (nSPS) is 22.4. The molecule has 2 saturated heterocycles. The van der Waals surface area contributed by atoms with Crippen LogP contribution in [-0.4, -0.2) is 62.2 Å². The molecule has 6 heteroatoms. The number of benzene rings is 2. The number of aryl methyl sites for hydroxylation is 1. The SMILES string of the molecule is COc1cccc(CN2CC(C(=O)N3CCOCC3)CC(c3ccc(F)c(C)c3)C2)c1. The number of halogens is 1. The van der Waals surface area contributed by atoms with E-state index in [2.05, 4.69) is 11.0 Å². The zero-order chi connectivity index (χ0) is 21.8. The van der Waals surface area contributed by atoms with E-state index in [0.717, 1.165) is 42.9 Å². The Labute approximate surface area is 183 Å². The number of ether oxygens (including phenoxy) is 2. The van der Waals surface area contributed by atoms with Crippen molar-refractivity contribution in [2.24, 2.45) is 5.92 Å². The van der Waals surface area contributed by atoms with Crippen LogP contribution in [-0.2, 0) is 16.1 Å². The molecule has 0 saturated carbocycles. The molecule has 31 heavy (non-hydrogen) atoms. The van der Waals surface area contributed by atoms with Crippen LogP contribution in [0.25, 0.3) is 0 Å². The molecule has 5 nitrogen and oxygen atoms in total. The topological polar surface area (TPSA) is 42.0 Å². The molecule has 0 aromatic heterocycles. The molecule has 0 bridgehead atoms. The lowest BCUT2D eigenvalue weighted by Crippen LogP contribution is -2.49. The molecule has 2 aliphatic heterocycles. The summed E-state index contributed by atoms with van der Waals surface area (Å²) in [4.78, 5) is 17.6. The molecule has 166 valence electrons. The third-order valence-electron chi connectivity index (χ3n) is 6.39. The minimum atomic E-state index is -0.186. The lowest BCUT2D eigenvalue weighted by molar-refractivity contribution is -0.141. The fourth-order valence-corrected chi connectivity index (χ4v) is 4.73. The van der Waals surface area contributed by atoms with Gasteiger partial charge in [-0.1, -0.05) is 24.3 Å². The van der Waals surface area contributed by atoms with E-state index >= 15 is 0 Å². The monoisotopic (exact) mass is 426 g/mol. The van der Waals surface area contributed by atoms with Crippen molar-refractivity contribution in [3.05, 3.63) is 65.0 Å². The van der Waals surface area contributed by atoms with Crippen molar-refractivity contribution in [3.8, 4) is 5.75 Å². The van der Waals surface area contributed by atoms with Gasteiger partial charge in [-0.2, -0.15) is 0 Å². The number of rotatable bonds is 5. The highest BCUT2D eigenvalue weighted by atomic mass is 19.1. The highest BCUT2D eigenvalue weighted by molar-refractivity contribution is 5.79. The summed E-state index contributed by atoms with van der Waals surface area (Å²) in [7, 11) is 1.67. The Morgan fingerprint density at radius 2 is 1.97 bits per heavy atom. The Morgan fingerprint density at radius 1 is 1.16 bits per heavy atom. The Balaban J connectivity index is 1.56. The Bertz CT molecular complexity index is 913. The second-order valence-corrected chi connectivity index (χ2v) is 8.62. The van der Waals surface area contributed by atoms with E-state index in [0.29, 0.717) is 31.9 Å². The Hall–Kier alpha value is -2.44. The van der Waals surface area contributed by atoms with Gasteiger partial charge >= 0.3 is 0 Å². The largest absolute Gasteiger partial charge is 0.497 e. The number of nitrogens with zero attached hydrogens (tertiary/aromatic N) is 2. The van der Waals surface area contributed by atoms with Crippen molar-refractivity contribution < 1.29 is 18.7 Å². The average molecular weight is 427 g/mol. The van der Waals surface area contributed by atoms with Crippen LogP contribution in [0.5, 0.6) is 5.75 Å². The van der Waals surface area contributed by atoms with Gasteiger partial charge in [-0.3, -0.25) is 9.69 Å². The van der Waals surface area contributed by atoms with E-state index in [1.165, 1.54) is 0 Å². The van der Waals surface area contributed by atoms with E-state index in [-0.39, 0.29) is 23.6 Å². The molecular formula is C25H31FN2O3. The first-order valence-corrected chi connectivity index (χ1v) is 11.0. The molecule has 2 atom stereocenters. The summed E-state index contributed by atoms with van der Waals surface area (Å²) in [6, 6.07) is 13.4. The molecule has 2 aromatic rings. The summed E-state index contributed by atoms with van der Waals surface area (Å²) >= 11 is 0. The molecule has 0 radical (unpaired) electrons. The molecule has 2 aliphatic rings. The fraction of sp³-hybridized carbons (Fsp3) is 0.480. The van der Waals surface area contributed by atoms with Gasteiger partial charge in [-0.15, -0.1) is 0 Å². The van der Waals surface area contributed by atoms with Gasteiger partial charge < -0.3 is 14.4 Å². The lowest BCUT2D eigenvalue weighted by atomic mass is 9.83. The van der Waals surface area contributed by atoms with Gasteiger partial charge in [0.2, 0.25) is 5.91 Å². The maximum Gasteiger partial charge on any atom is 0.227 e. The maximum absolute atomic E-state index is 13.9. The minimum Gasteiger partial charge on any atom is -0.497 e. The van der Waals surface area contributed by atoms with Crippen LogP contribution in [0.4, 0.5) is 4.39 Å². The first-order chi connectivity index (χ1) is 15.0. The molecular weight excluding hydrogens is 395 g/mol. The number of piperidine rings is 1. The van der Waals surface area contributed by atoms with E-state index in [9.17, 15) is 9.18 Å². The third kappa shape index (κ3) is 5.25. The summed E-state index contributed by atoms with van der Waals surface area (Å²) in [6.07, 6.45) is 0.788. The highest BCUT2D eigenvalue weighted by Gasteiger charge is 2.35. The molecule has 2 aromatic carbocycles. The van der Waals surface area contributed by atoms with Crippen LogP contribution in [0.3, 0.4) is 0 Å². The quantitative estimate of drug-likeness (QED) is 0.733. The van der Waals surface area contributed by atoms with Crippen LogP contribution < -0.4 is 4.74 Å². The Morgan fingerprint density at radius 3 is 2.71 bits per heavy atom. The zero-order valence-electron chi connectivity index (χ0n) is 18.4. The van der Waals surface area contributed by atoms with Crippen LogP contribution in [0.15, 0.2) is 42.5 Å². The van der Waals surface area contributed by atoms with E-state index in [4.69, 9.17) is 9.47 Å². The van der Waals surface area contributed by atoms with Crippen molar-refractivity contribution >= 4 is 5.91 Å². The standard InChI is InChI=1S/C25H31FN2O3/c1-18-12-20(6-7-24(18)26)21-14-22(25(29)28-8-10-31-11-9-28)17-27(16-21)15-19-4-3-5-23(13-19)30-2/h3-7,12-13,21-22H,8-11,14-17H2,1-2H3. The number of hydrogen-bond acceptors (Lipinski definition) is 4. The van der Waals surface area contributed by atoms with Crippen LogP contribution in [0.1, 0.15) is 29.0 Å². The third-order valence-corrected chi connectivity index (χ3v) is 6.39. The van der Waals surface area contributed by atoms with Crippen molar-refractivity contribution in [2.45, 2.75) is 25.8 Å². The number of hydrogen-bond donors (Lipinski definition) is 0. The number of carbonyl (C=O) groups is 1. The molecule has 0 spiro atoms. The number of amides is 1. The summed E-state index contributed by atoms with van der Waals surface area (Å²) < 4.78 is 24.6. The molecule has 2 heterocycles. The summed E-state index contributed by atoms with van der Waals surface area (Å²) in [5.74, 6) is 0.971. The number of methoxy groups -OCH3 is 1. The smallest absolute Gasteiger partial charge is 0.227 e. The zero-order valence-corrected chi connectivity index (χ0v) is 18.4. The summed E-state index contributed by atoms with van der Waals surface area (Å²) in [5.41, 5.74) is 2.92. The average Bonchev–Trinajstić information content (AvgIpc) is 2.81. The second-order valence-electron chi connectivity index (χ2n) is 8.62. The van der Waals surface area contributed by atoms with Gasteiger partial charge in [0.15, 0.2) is 0 Å². The number of carbonyl (C=O) groups excluding carboxylic acids is 1. The minimum absolute atomic E-state index is 0.0761. The first-order valence-electron chi connectivity index (χ1n) is 11.0. The predicted molar refractivity (Wildman–Crippen MR) is 118 cm³/mol. The molecule has 0 aliphatic carbocycles. The van der Waals surface area contributed by atoms with Gasteiger partial charge in [0.25, 0.3) is 0 Å². The van der Waals surface area contributed by atoms with Gasteiger partial charge in [0.05, 0.1) is 26.2 Å². The molecule has 1 amide bonds. The van der Waals surface area contributed by atoms with E-state index < -0.39 is 0 Å². The van der Waals surface area contributed by atoms with Gasteiger partial charge in [0.1, 0.15) is 11.6 Å². The van der Waals surface area contributed by atoms with Crippen molar-refractivity contribution in [2.75, 3.05) is 46.5 Å². The second kappa shape index (κ2) is 9.79. The van der Waals surface area contributed by atoms with Gasteiger partial charge in [0, 0.05) is 32.7 Å². The van der Waals surface area contributed by atoms with Crippen molar-refractivity contribution in [1.29, 1.82) is 0 Å². The maximum atomic E-state index is 13.9. The number of morpholine rings is 1. The summed E-state index contributed by atoms with van der Waals surface area (Å²) in [6.45, 7) is 6.64. The number of likely N-dealkylation sites (tertiary alicyclic amines) is 1. The molecule has 2 fully saturated rings. The predicted octanol–water partition coefficient (Wildman–Crippen LogP) is 3.61. The van der Waals surface area contributed by atoms with Crippen molar-refractivity contribution in [1.82, 2.24) is 9.80 Å². The van der Waals surface area contributed by atoms with Crippen LogP contribution in [0.2, 0.25) is 0 Å². The van der Waals surface area contributed by atoms with E-state index in [1.54, 1.807) is 20.1 Å². The fourth-order valence-electron chi connectivity index (χ4n) is 4.73. The Kier molecular flexibility index (Phi) is 6.88.